The van der Waals surface area contributed by atoms with Crippen molar-refractivity contribution in [1.82, 2.24) is 10.3 Å². The number of hydrogen-bond donors (Lipinski definition) is 2. The van der Waals surface area contributed by atoms with Crippen molar-refractivity contribution in [2.75, 3.05) is 19.6 Å². The maximum absolute atomic E-state index is 11.4. The second-order valence-electron chi connectivity index (χ2n) is 4.99. The van der Waals surface area contributed by atoms with Gasteiger partial charge in [0.05, 0.1) is 5.41 Å². The van der Waals surface area contributed by atoms with Crippen LogP contribution in [-0.2, 0) is 4.79 Å². The summed E-state index contributed by atoms with van der Waals surface area (Å²) in [6.07, 6.45) is 1.24. The van der Waals surface area contributed by atoms with Crippen LogP contribution in [-0.4, -0.2) is 30.4 Å². The van der Waals surface area contributed by atoms with Gasteiger partial charge < -0.3 is 4.90 Å². The molecule has 0 radical (unpaired) electrons. The van der Waals surface area contributed by atoms with Crippen LogP contribution in [0.15, 0.2) is 0 Å². The predicted molar refractivity (Wildman–Crippen MR) is 56.3 cm³/mol. The lowest BCUT2D eigenvalue weighted by atomic mass is 9.92. The Labute approximate surface area is 85.8 Å². The number of nitrogens with one attached hydrogen (secondary N) is 1. The molecule has 0 aromatic heterocycles. The maximum atomic E-state index is 11.4. The minimum atomic E-state index is -0.390. The molecule has 1 atom stereocenters. The van der Waals surface area contributed by atoms with Crippen molar-refractivity contribution in [3.63, 3.8) is 0 Å². The van der Waals surface area contributed by atoms with E-state index in [1.54, 1.807) is 0 Å². The predicted octanol–water partition coefficient (Wildman–Crippen LogP) is 0.344. The van der Waals surface area contributed by atoms with Crippen LogP contribution < -0.4 is 11.3 Å². The molecular weight excluding hydrogens is 178 g/mol. The highest BCUT2D eigenvalue weighted by Crippen LogP contribution is 2.22. The molecule has 1 aliphatic rings. The third-order valence-electron chi connectivity index (χ3n) is 2.87. The first-order valence-corrected chi connectivity index (χ1v) is 5.19. The molecule has 0 spiro atoms. The highest BCUT2D eigenvalue weighted by molar-refractivity contribution is 5.81. The zero-order chi connectivity index (χ0) is 10.8. The van der Waals surface area contributed by atoms with Gasteiger partial charge in [-0.05, 0) is 32.7 Å². The van der Waals surface area contributed by atoms with Gasteiger partial charge in [0.15, 0.2) is 0 Å². The molecule has 1 amide bonds. The van der Waals surface area contributed by atoms with Crippen LogP contribution in [0.3, 0.4) is 0 Å². The molecule has 1 heterocycles. The second-order valence-corrected chi connectivity index (χ2v) is 4.99. The molecule has 4 nitrogen and oxygen atoms in total. The highest BCUT2D eigenvalue weighted by Gasteiger charge is 2.31. The van der Waals surface area contributed by atoms with Gasteiger partial charge in [-0.3, -0.25) is 10.2 Å². The third-order valence-corrected chi connectivity index (χ3v) is 2.87. The quantitative estimate of drug-likeness (QED) is 0.391. The Morgan fingerprint density at radius 1 is 1.64 bits per heavy atom. The van der Waals surface area contributed by atoms with E-state index in [0.29, 0.717) is 0 Å². The van der Waals surface area contributed by atoms with Crippen LogP contribution in [0.5, 0.6) is 0 Å². The zero-order valence-electron chi connectivity index (χ0n) is 9.34. The lowest BCUT2D eigenvalue weighted by molar-refractivity contribution is -0.130. The number of carbonyl (C=O) groups is 1. The first-order chi connectivity index (χ1) is 6.45. The number of rotatable bonds is 3. The average molecular weight is 199 g/mol. The van der Waals surface area contributed by atoms with E-state index < -0.39 is 5.41 Å². The molecule has 82 valence electrons. The van der Waals surface area contributed by atoms with E-state index in [1.807, 2.05) is 13.8 Å². The molecule has 3 N–H and O–H groups in total. The van der Waals surface area contributed by atoms with Gasteiger partial charge >= 0.3 is 0 Å². The van der Waals surface area contributed by atoms with Crippen LogP contribution in [0.4, 0.5) is 0 Å². The van der Waals surface area contributed by atoms with E-state index >= 15 is 0 Å². The second kappa shape index (κ2) is 4.28. The number of hydrazine groups is 1. The molecule has 1 aliphatic heterocycles. The fraction of sp³-hybridized carbons (Fsp3) is 0.900. The largest absolute Gasteiger partial charge is 0.302 e. The summed E-state index contributed by atoms with van der Waals surface area (Å²) < 4.78 is 0. The first-order valence-electron chi connectivity index (χ1n) is 5.19. The zero-order valence-corrected chi connectivity index (χ0v) is 9.34. The van der Waals surface area contributed by atoms with Gasteiger partial charge in [0.2, 0.25) is 5.91 Å². The van der Waals surface area contributed by atoms with Gasteiger partial charge in [-0.25, -0.2) is 5.84 Å². The Morgan fingerprint density at radius 3 is 2.71 bits per heavy atom. The molecule has 0 aliphatic carbocycles. The Bertz CT molecular complexity index is 215. The van der Waals surface area contributed by atoms with E-state index in [-0.39, 0.29) is 5.91 Å². The number of carbonyl (C=O) groups excluding carboxylic acids is 1. The Kier molecular flexibility index (Phi) is 3.50. The number of nitrogens with two attached hydrogens (primary N) is 1. The van der Waals surface area contributed by atoms with E-state index in [9.17, 15) is 4.79 Å². The van der Waals surface area contributed by atoms with E-state index in [2.05, 4.69) is 17.2 Å². The summed E-state index contributed by atoms with van der Waals surface area (Å²) in [5.41, 5.74) is 1.83. The summed E-state index contributed by atoms with van der Waals surface area (Å²) in [6, 6.07) is 0. The van der Waals surface area contributed by atoms with Crippen molar-refractivity contribution in [1.29, 1.82) is 0 Å². The SMILES string of the molecule is CC1CCN(CC(C)(C)C(=O)NN)C1. The monoisotopic (exact) mass is 199 g/mol. The number of hydrogen-bond acceptors (Lipinski definition) is 3. The van der Waals surface area contributed by atoms with Crippen molar-refractivity contribution in [2.24, 2.45) is 17.2 Å². The van der Waals surface area contributed by atoms with Gasteiger partial charge in [0.25, 0.3) is 0 Å². The summed E-state index contributed by atoms with van der Waals surface area (Å²) >= 11 is 0. The van der Waals surface area contributed by atoms with Crippen molar-refractivity contribution in [3.05, 3.63) is 0 Å². The van der Waals surface area contributed by atoms with Gasteiger partial charge in [-0.15, -0.1) is 0 Å². The lowest BCUT2D eigenvalue weighted by Crippen LogP contribution is -2.46. The van der Waals surface area contributed by atoms with E-state index in [1.165, 1.54) is 6.42 Å². The Balaban J connectivity index is 2.46. The smallest absolute Gasteiger partial charge is 0.240 e. The summed E-state index contributed by atoms with van der Waals surface area (Å²) in [4.78, 5) is 13.8. The molecule has 4 heteroatoms. The number of likely N-dealkylation sites (tertiary alicyclic amines) is 1. The third kappa shape index (κ3) is 2.69. The summed E-state index contributed by atoms with van der Waals surface area (Å²) in [7, 11) is 0. The molecule has 0 saturated carbocycles. The van der Waals surface area contributed by atoms with E-state index in [0.717, 1.165) is 25.6 Å². The molecule has 1 rings (SSSR count). The van der Waals surface area contributed by atoms with Crippen molar-refractivity contribution in [2.45, 2.75) is 27.2 Å². The van der Waals surface area contributed by atoms with Gasteiger partial charge in [0.1, 0.15) is 0 Å². The molecular formula is C10H21N3O. The van der Waals surface area contributed by atoms with Crippen molar-refractivity contribution < 1.29 is 4.79 Å². The summed E-state index contributed by atoms with van der Waals surface area (Å²) in [5, 5.41) is 0. The molecule has 0 aromatic rings. The average Bonchev–Trinajstić information content (AvgIpc) is 2.48. The normalized spacial score (nSPS) is 23.9. The minimum absolute atomic E-state index is 0.0861. The molecule has 14 heavy (non-hydrogen) atoms. The molecule has 0 aromatic carbocycles. The Morgan fingerprint density at radius 2 is 2.29 bits per heavy atom. The van der Waals surface area contributed by atoms with Crippen LogP contribution in [0.1, 0.15) is 27.2 Å². The van der Waals surface area contributed by atoms with Gasteiger partial charge in [-0.1, -0.05) is 6.92 Å². The standard InChI is InChI=1S/C10H21N3O/c1-8-4-5-13(6-8)7-10(2,3)9(14)12-11/h8H,4-7,11H2,1-3H3,(H,12,14). The van der Waals surface area contributed by atoms with Crippen LogP contribution in [0, 0.1) is 11.3 Å². The molecule has 1 fully saturated rings. The van der Waals surface area contributed by atoms with Gasteiger partial charge in [-0.2, -0.15) is 0 Å². The number of nitrogens with zero attached hydrogens (tertiary/aromatic N) is 1. The topological polar surface area (TPSA) is 58.4 Å². The van der Waals surface area contributed by atoms with Crippen LogP contribution >= 0.6 is 0 Å². The van der Waals surface area contributed by atoms with Crippen molar-refractivity contribution >= 4 is 5.91 Å². The van der Waals surface area contributed by atoms with Crippen molar-refractivity contribution in [3.8, 4) is 0 Å². The molecule has 1 unspecified atom stereocenters. The number of amides is 1. The minimum Gasteiger partial charge on any atom is -0.302 e. The fourth-order valence-corrected chi connectivity index (χ4v) is 2.00. The summed E-state index contributed by atoms with van der Waals surface area (Å²) in [6.45, 7) is 9.09. The maximum Gasteiger partial charge on any atom is 0.240 e. The lowest BCUT2D eigenvalue weighted by Gasteiger charge is -2.28. The van der Waals surface area contributed by atoms with E-state index in [4.69, 9.17) is 5.84 Å². The Hall–Kier alpha value is -0.610. The molecule has 1 saturated heterocycles. The van der Waals surface area contributed by atoms with Crippen LogP contribution in [0.2, 0.25) is 0 Å². The highest BCUT2D eigenvalue weighted by atomic mass is 16.2. The van der Waals surface area contributed by atoms with Gasteiger partial charge in [0, 0.05) is 13.1 Å². The first kappa shape index (κ1) is 11.5. The fourth-order valence-electron chi connectivity index (χ4n) is 2.00. The molecule has 0 bridgehead atoms. The summed E-state index contributed by atoms with van der Waals surface area (Å²) in [5.74, 6) is 5.81. The van der Waals surface area contributed by atoms with Crippen LogP contribution in [0.25, 0.3) is 0 Å².